The average Bonchev–Trinajstić information content (AvgIpc) is 2.72. The number of rotatable bonds is 2. The van der Waals surface area contributed by atoms with E-state index in [9.17, 15) is 8.42 Å². The predicted octanol–water partition coefficient (Wildman–Crippen LogP) is 2.81. The molecule has 1 aliphatic rings. The lowest BCUT2D eigenvalue weighted by Crippen LogP contribution is -2.11. The molecule has 5 heteroatoms. The molecule has 0 saturated carbocycles. The first-order chi connectivity index (χ1) is 9.60. The van der Waals surface area contributed by atoms with E-state index < -0.39 is 10.0 Å². The summed E-state index contributed by atoms with van der Waals surface area (Å²) >= 11 is 0. The predicted molar refractivity (Wildman–Crippen MR) is 79.6 cm³/mol. The van der Waals surface area contributed by atoms with Crippen molar-refractivity contribution in [3.8, 4) is 0 Å². The zero-order valence-corrected chi connectivity index (χ0v) is 11.8. The Bertz CT molecular complexity index is 778. The summed E-state index contributed by atoms with van der Waals surface area (Å²) in [5, 5.41) is 3.07. The number of anilines is 1. The lowest BCUT2D eigenvalue weighted by atomic mass is 10.1. The van der Waals surface area contributed by atoms with Crippen molar-refractivity contribution < 1.29 is 8.42 Å². The molecule has 4 nitrogen and oxygen atoms in total. The van der Waals surface area contributed by atoms with Crippen molar-refractivity contribution >= 4 is 21.5 Å². The van der Waals surface area contributed by atoms with Crippen molar-refractivity contribution in [1.82, 2.24) is 0 Å². The fourth-order valence-electron chi connectivity index (χ4n) is 2.16. The Hall–Kier alpha value is -2.14. The minimum atomic E-state index is -3.56. The second kappa shape index (κ2) is 4.76. The van der Waals surface area contributed by atoms with Gasteiger partial charge in [0.05, 0.1) is 0 Å². The lowest BCUT2D eigenvalue weighted by Gasteiger charge is -2.07. The van der Waals surface area contributed by atoms with Crippen LogP contribution in [-0.2, 0) is 16.4 Å². The van der Waals surface area contributed by atoms with Gasteiger partial charge in [0, 0.05) is 11.3 Å². The van der Waals surface area contributed by atoms with Gasteiger partial charge in [-0.2, -0.15) is 8.42 Å². The molecule has 102 valence electrons. The van der Waals surface area contributed by atoms with Crippen molar-refractivity contribution in [3.63, 3.8) is 0 Å². The third kappa shape index (κ3) is 2.20. The largest absolute Gasteiger partial charge is 0.339 e. The van der Waals surface area contributed by atoms with Gasteiger partial charge in [-0.25, -0.2) is 0 Å². The molecule has 20 heavy (non-hydrogen) atoms. The molecule has 1 aliphatic heterocycles. The molecule has 0 amide bonds. The molecule has 0 aromatic heterocycles. The molecule has 0 bridgehead atoms. The molecule has 0 unspecified atom stereocenters. The maximum Gasteiger partial charge on any atom is 0.285 e. The van der Waals surface area contributed by atoms with Crippen LogP contribution in [0.1, 0.15) is 18.1 Å². The summed E-state index contributed by atoms with van der Waals surface area (Å²) in [6.45, 7) is 2.09. The Morgan fingerprint density at radius 1 is 1.05 bits per heavy atom. The first-order valence-corrected chi connectivity index (χ1v) is 7.84. The van der Waals surface area contributed by atoms with Crippen LogP contribution in [0.4, 0.5) is 5.69 Å². The van der Waals surface area contributed by atoms with Crippen LogP contribution in [-0.4, -0.2) is 14.3 Å². The number of benzene rings is 2. The van der Waals surface area contributed by atoms with E-state index in [1.165, 1.54) is 5.56 Å². The zero-order chi connectivity index (χ0) is 14.2. The van der Waals surface area contributed by atoms with E-state index in [1.54, 1.807) is 24.3 Å². The van der Waals surface area contributed by atoms with Crippen LogP contribution in [0.2, 0.25) is 0 Å². The third-order valence-corrected chi connectivity index (χ3v) is 4.59. The maximum absolute atomic E-state index is 11.9. The summed E-state index contributed by atoms with van der Waals surface area (Å²) in [5.74, 6) is 0.379. The Labute approximate surface area is 118 Å². The molecule has 3 rings (SSSR count). The third-order valence-electron chi connectivity index (χ3n) is 3.26. The monoisotopic (exact) mass is 286 g/mol. The Kier molecular flexibility index (Phi) is 3.06. The normalized spacial score (nSPS) is 15.6. The molecule has 0 radical (unpaired) electrons. The van der Waals surface area contributed by atoms with Crippen molar-refractivity contribution in [2.24, 2.45) is 4.40 Å². The standard InChI is InChI=1S/C15H14N2O2S/c1-2-11-7-9-12(10-8-11)16-15-13-5-3-4-6-14(13)20(18,19)17-15/h3-10H,2H2,1H3,(H,16,17). The fraction of sp³-hybridized carbons (Fsp3) is 0.133. The highest BCUT2D eigenvalue weighted by molar-refractivity contribution is 7.90. The van der Waals surface area contributed by atoms with Gasteiger partial charge in [-0.1, -0.05) is 31.2 Å². The first-order valence-electron chi connectivity index (χ1n) is 6.40. The minimum absolute atomic E-state index is 0.257. The Morgan fingerprint density at radius 3 is 2.45 bits per heavy atom. The molecule has 2 aromatic carbocycles. The summed E-state index contributed by atoms with van der Waals surface area (Å²) in [5.41, 5.74) is 2.68. The molecule has 0 saturated heterocycles. The summed E-state index contributed by atoms with van der Waals surface area (Å²) in [6.07, 6.45) is 0.971. The van der Waals surface area contributed by atoms with Gasteiger partial charge in [0.2, 0.25) is 0 Å². The van der Waals surface area contributed by atoms with Gasteiger partial charge < -0.3 is 5.32 Å². The van der Waals surface area contributed by atoms with Gasteiger partial charge in [0.25, 0.3) is 10.0 Å². The number of amidine groups is 1. The van der Waals surface area contributed by atoms with Gasteiger partial charge >= 0.3 is 0 Å². The van der Waals surface area contributed by atoms with E-state index in [1.807, 2.05) is 24.3 Å². The van der Waals surface area contributed by atoms with Crippen molar-refractivity contribution in [3.05, 3.63) is 59.7 Å². The van der Waals surface area contributed by atoms with Crippen molar-refractivity contribution in [1.29, 1.82) is 0 Å². The van der Waals surface area contributed by atoms with Crippen LogP contribution in [0, 0.1) is 0 Å². The molecular formula is C15H14N2O2S. The van der Waals surface area contributed by atoms with E-state index >= 15 is 0 Å². The summed E-state index contributed by atoms with van der Waals surface area (Å²) in [6, 6.07) is 14.7. The quantitative estimate of drug-likeness (QED) is 0.923. The Balaban J connectivity index is 1.95. The van der Waals surface area contributed by atoms with E-state index in [0.29, 0.717) is 11.4 Å². The zero-order valence-electron chi connectivity index (χ0n) is 11.0. The van der Waals surface area contributed by atoms with Crippen LogP contribution in [0.15, 0.2) is 57.8 Å². The van der Waals surface area contributed by atoms with E-state index in [4.69, 9.17) is 0 Å². The fourth-order valence-corrected chi connectivity index (χ4v) is 3.33. The number of aryl methyl sites for hydroxylation is 1. The molecular weight excluding hydrogens is 272 g/mol. The number of sulfonamides is 1. The van der Waals surface area contributed by atoms with Crippen molar-refractivity contribution in [2.45, 2.75) is 18.2 Å². The van der Waals surface area contributed by atoms with Crippen molar-refractivity contribution in [2.75, 3.05) is 5.32 Å². The summed E-state index contributed by atoms with van der Waals surface area (Å²) in [7, 11) is -3.56. The van der Waals surface area contributed by atoms with Gasteiger partial charge in [0.15, 0.2) is 5.84 Å². The number of hydrogen-bond donors (Lipinski definition) is 1. The van der Waals surface area contributed by atoms with E-state index in [0.717, 1.165) is 12.1 Å². The maximum atomic E-state index is 11.9. The number of nitrogens with zero attached hydrogens (tertiary/aromatic N) is 1. The highest BCUT2D eigenvalue weighted by Crippen LogP contribution is 2.26. The molecule has 1 N–H and O–H groups in total. The van der Waals surface area contributed by atoms with Gasteiger partial charge in [0.1, 0.15) is 4.90 Å². The van der Waals surface area contributed by atoms with E-state index in [-0.39, 0.29) is 4.90 Å². The lowest BCUT2D eigenvalue weighted by molar-refractivity contribution is 0.599. The minimum Gasteiger partial charge on any atom is -0.339 e. The average molecular weight is 286 g/mol. The highest BCUT2D eigenvalue weighted by atomic mass is 32.2. The summed E-state index contributed by atoms with van der Waals surface area (Å²) in [4.78, 5) is 0.257. The molecule has 0 fully saturated rings. The molecule has 0 spiro atoms. The second-order valence-electron chi connectivity index (χ2n) is 4.59. The second-order valence-corrected chi connectivity index (χ2v) is 6.16. The first kappa shape index (κ1) is 12.9. The van der Waals surface area contributed by atoms with Crippen LogP contribution in [0.5, 0.6) is 0 Å². The topological polar surface area (TPSA) is 58.5 Å². The van der Waals surface area contributed by atoms with Crippen LogP contribution >= 0.6 is 0 Å². The molecule has 2 aromatic rings. The number of fused-ring (bicyclic) bond motifs is 1. The molecule has 0 aliphatic carbocycles. The van der Waals surface area contributed by atoms with Gasteiger partial charge in [-0.3, -0.25) is 0 Å². The number of hydrogen-bond acceptors (Lipinski definition) is 3. The molecule has 1 heterocycles. The Morgan fingerprint density at radius 2 is 1.75 bits per heavy atom. The van der Waals surface area contributed by atoms with E-state index in [2.05, 4.69) is 16.6 Å². The SMILES string of the molecule is CCc1ccc(NC2=NS(=O)(=O)c3ccccc32)cc1. The van der Waals surface area contributed by atoms with Gasteiger partial charge in [-0.15, -0.1) is 4.40 Å². The number of nitrogens with one attached hydrogen (secondary N) is 1. The molecule has 0 atom stereocenters. The van der Waals surface area contributed by atoms with Crippen LogP contribution < -0.4 is 5.32 Å². The van der Waals surface area contributed by atoms with Gasteiger partial charge in [-0.05, 0) is 36.2 Å². The highest BCUT2D eigenvalue weighted by Gasteiger charge is 2.28. The van der Waals surface area contributed by atoms with Crippen LogP contribution in [0.3, 0.4) is 0 Å². The van der Waals surface area contributed by atoms with Crippen LogP contribution in [0.25, 0.3) is 0 Å². The smallest absolute Gasteiger partial charge is 0.285 e. The summed E-state index contributed by atoms with van der Waals surface area (Å²) < 4.78 is 27.7.